The standard InChI is InChI=1S/C24H31N7O/c1-18(2)23-27-19(3)17-22(28-23)29-13-15-30(16-14-29)24(32)25-11-9-20-5-7-21(8-6-20)31-12-4-10-26-31/h4-8,10,12,17-18H,9,11,13-16H2,1-3H3,(H,25,32). The number of rotatable bonds is 6. The zero-order chi connectivity index (χ0) is 22.5. The number of carbonyl (C=O) groups is 1. The Kier molecular flexibility index (Phi) is 6.68. The summed E-state index contributed by atoms with van der Waals surface area (Å²) in [6.07, 6.45) is 4.48. The topological polar surface area (TPSA) is 79.2 Å². The second-order valence-corrected chi connectivity index (χ2v) is 8.45. The first-order valence-corrected chi connectivity index (χ1v) is 11.2. The van der Waals surface area contributed by atoms with Gasteiger partial charge in [0.1, 0.15) is 11.6 Å². The number of aryl methyl sites for hydroxylation is 1. The SMILES string of the molecule is Cc1cc(N2CCN(C(=O)NCCc3ccc(-n4cccn4)cc3)CC2)nc(C(C)C)n1. The van der Waals surface area contributed by atoms with Crippen LogP contribution in [0.2, 0.25) is 0 Å². The number of urea groups is 1. The van der Waals surface area contributed by atoms with Gasteiger partial charge in [-0.15, -0.1) is 0 Å². The van der Waals surface area contributed by atoms with Crippen LogP contribution >= 0.6 is 0 Å². The van der Waals surface area contributed by atoms with Crippen LogP contribution < -0.4 is 10.2 Å². The first-order chi connectivity index (χ1) is 15.5. The minimum Gasteiger partial charge on any atom is -0.353 e. The van der Waals surface area contributed by atoms with E-state index in [1.165, 1.54) is 5.56 Å². The van der Waals surface area contributed by atoms with E-state index in [0.29, 0.717) is 25.6 Å². The smallest absolute Gasteiger partial charge is 0.317 e. The molecule has 32 heavy (non-hydrogen) atoms. The summed E-state index contributed by atoms with van der Waals surface area (Å²) in [6.45, 7) is 9.75. The van der Waals surface area contributed by atoms with Crippen molar-refractivity contribution >= 4 is 11.8 Å². The predicted molar refractivity (Wildman–Crippen MR) is 125 cm³/mol. The van der Waals surface area contributed by atoms with Gasteiger partial charge in [-0.1, -0.05) is 26.0 Å². The van der Waals surface area contributed by atoms with Gasteiger partial charge in [0.15, 0.2) is 0 Å². The molecule has 1 aliphatic heterocycles. The summed E-state index contributed by atoms with van der Waals surface area (Å²) in [6, 6.07) is 12.2. The van der Waals surface area contributed by atoms with E-state index in [1.54, 1.807) is 6.20 Å². The van der Waals surface area contributed by atoms with Crippen molar-refractivity contribution in [2.45, 2.75) is 33.1 Å². The molecule has 4 rings (SSSR count). The van der Waals surface area contributed by atoms with Crippen LogP contribution in [-0.4, -0.2) is 63.4 Å². The largest absolute Gasteiger partial charge is 0.353 e. The molecule has 1 N–H and O–H groups in total. The van der Waals surface area contributed by atoms with Gasteiger partial charge in [-0.3, -0.25) is 0 Å². The number of aromatic nitrogens is 4. The third-order valence-electron chi connectivity index (χ3n) is 5.66. The molecular weight excluding hydrogens is 402 g/mol. The summed E-state index contributed by atoms with van der Waals surface area (Å²) < 4.78 is 1.83. The zero-order valence-electron chi connectivity index (χ0n) is 19.0. The average Bonchev–Trinajstić information content (AvgIpc) is 3.34. The second kappa shape index (κ2) is 9.80. The summed E-state index contributed by atoms with van der Waals surface area (Å²) in [5, 5.41) is 7.29. The third kappa shape index (κ3) is 5.25. The molecule has 0 radical (unpaired) electrons. The maximum Gasteiger partial charge on any atom is 0.317 e. The summed E-state index contributed by atoms with van der Waals surface area (Å²) >= 11 is 0. The lowest BCUT2D eigenvalue weighted by Gasteiger charge is -2.35. The van der Waals surface area contributed by atoms with Crippen molar-refractivity contribution in [3.63, 3.8) is 0 Å². The molecule has 8 heteroatoms. The molecule has 1 saturated heterocycles. The van der Waals surface area contributed by atoms with Crippen molar-refractivity contribution in [2.24, 2.45) is 0 Å². The molecular formula is C24H31N7O. The number of benzene rings is 1. The Hall–Kier alpha value is -3.42. The highest BCUT2D eigenvalue weighted by molar-refractivity contribution is 5.74. The molecule has 0 aliphatic carbocycles. The number of hydrogen-bond acceptors (Lipinski definition) is 5. The Labute approximate surface area is 189 Å². The number of piperazine rings is 1. The van der Waals surface area contributed by atoms with Gasteiger partial charge >= 0.3 is 6.03 Å². The average molecular weight is 434 g/mol. The lowest BCUT2D eigenvalue weighted by atomic mass is 10.1. The van der Waals surface area contributed by atoms with Crippen LogP contribution in [-0.2, 0) is 6.42 Å². The molecule has 3 heterocycles. The number of carbonyl (C=O) groups excluding carboxylic acids is 1. The van der Waals surface area contributed by atoms with Crippen LogP contribution in [0.3, 0.4) is 0 Å². The van der Waals surface area contributed by atoms with E-state index in [-0.39, 0.29) is 6.03 Å². The second-order valence-electron chi connectivity index (χ2n) is 8.45. The summed E-state index contributed by atoms with van der Waals surface area (Å²) in [4.78, 5) is 26.0. The molecule has 0 atom stereocenters. The van der Waals surface area contributed by atoms with Crippen LogP contribution in [0.4, 0.5) is 10.6 Å². The van der Waals surface area contributed by atoms with E-state index in [0.717, 1.165) is 42.5 Å². The van der Waals surface area contributed by atoms with E-state index in [1.807, 2.05) is 47.0 Å². The van der Waals surface area contributed by atoms with E-state index >= 15 is 0 Å². The fraction of sp³-hybridized carbons (Fsp3) is 0.417. The van der Waals surface area contributed by atoms with Crippen LogP contribution in [0.1, 0.15) is 36.8 Å². The first-order valence-electron chi connectivity index (χ1n) is 11.2. The molecule has 2 aromatic heterocycles. The maximum absolute atomic E-state index is 12.6. The van der Waals surface area contributed by atoms with Gasteiger partial charge in [0, 0.05) is 62.8 Å². The van der Waals surface area contributed by atoms with Crippen LogP contribution in [0.25, 0.3) is 5.69 Å². The molecule has 168 valence electrons. The van der Waals surface area contributed by atoms with Gasteiger partial charge in [0.25, 0.3) is 0 Å². The normalized spacial score (nSPS) is 14.1. The molecule has 8 nitrogen and oxygen atoms in total. The lowest BCUT2D eigenvalue weighted by molar-refractivity contribution is 0.194. The predicted octanol–water partition coefficient (Wildman–Crippen LogP) is 3.17. The van der Waals surface area contributed by atoms with Crippen LogP contribution in [0.5, 0.6) is 0 Å². The lowest BCUT2D eigenvalue weighted by Crippen LogP contribution is -2.52. The monoisotopic (exact) mass is 433 g/mol. The Balaban J connectivity index is 1.24. The zero-order valence-corrected chi connectivity index (χ0v) is 19.0. The van der Waals surface area contributed by atoms with Crippen molar-refractivity contribution < 1.29 is 4.79 Å². The quantitative estimate of drug-likeness (QED) is 0.646. The number of anilines is 1. The highest BCUT2D eigenvalue weighted by Crippen LogP contribution is 2.18. The third-order valence-corrected chi connectivity index (χ3v) is 5.66. The number of nitrogens with zero attached hydrogens (tertiary/aromatic N) is 6. The van der Waals surface area contributed by atoms with Crippen molar-refractivity contribution in [3.05, 3.63) is 65.9 Å². The van der Waals surface area contributed by atoms with E-state index < -0.39 is 0 Å². The Morgan fingerprint density at radius 3 is 2.50 bits per heavy atom. The first kappa shape index (κ1) is 21.8. The van der Waals surface area contributed by atoms with E-state index in [9.17, 15) is 4.79 Å². The minimum atomic E-state index is -0.000418. The number of nitrogens with one attached hydrogen (secondary N) is 1. The van der Waals surface area contributed by atoms with Gasteiger partial charge in [-0.25, -0.2) is 19.4 Å². The van der Waals surface area contributed by atoms with E-state index in [2.05, 4.69) is 46.3 Å². The summed E-state index contributed by atoms with van der Waals surface area (Å²) in [7, 11) is 0. The molecule has 1 aromatic carbocycles. The molecule has 0 saturated carbocycles. The van der Waals surface area contributed by atoms with Gasteiger partial charge in [0.05, 0.1) is 5.69 Å². The Morgan fingerprint density at radius 1 is 1.09 bits per heavy atom. The van der Waals surface area contributed by atoms with Crippen molar-refractivity contribution in [1.29, 1.82) is 0 Å². The Bertz CT molecular complexity index is 1020. The van der Waals surface area contributed by atoms with Gasteiger partial charge in [-0.05, 0) is 37.1 Å². The van der Waals surface area contributed by atoms with Gasteiger partial charge < -0.3 is 15.1 Å². The maximum atomic E-state index is 12.6. The molecule has 0 spiro atoms. The van der Waals surface area contributed by atoms with Crippen molar-refractivity contribution in [3.8, 4) is 5.69 Å². The summed E-state index contributed by atoms with van der Waals surface area (Å²) in [5.41, 5.74) is 3.20. The van der Waals surface area contributed by atoms with Gasteiger partial charge in [0.2, 0.25) is 0 Å². The highest BCUT2D eigenvalue weighted by atomic mass is 16.2. The molecule has 1 aliphatic rings. The van der Waals surface area contributed by atoms with Crippen molar-refractivity contribution in [1.82, 2.24) is 30.0 Å². The molecule has 0 bridgehead atoms. The molecule has 2 amide bonds. The fourth-order valence-electron chi connectivity index (χ4n) is 3.80. The van der Waals surface area contributed by atoms with Crippen molar-refractivity contribution in [2.75, 3.05) is 37.6 Å². The summed E-state index contributed by atoms with van der Waals surface area (Å²) in [5.74, 6) is 2.13. The highest BCUT2D eigenvalue weighted by Gasteiger charge is 2.22. The number of hydrogen-bond donors (Lipinski definition) is 1. The van der Waals surface area contributed by atoms with E-state index in [4.69, 9.17) is 4.98 Å². The van der Waals surface area contributed by atoms with Crippen LogP contribution in [0, 0.1) is 6.92 Å². The Morgan fingerprint density at radius 2 is 1.84 bits per heavy atom. The molecule has 0 unspecified atom stereocenters. The fourth-order valence-corrected chi connectivity index (χ4v) is 3.80. The molecule has 3 aromatic rings. The molecule has 1 fully saturated rings. The van der Waals surface area contributed by atoms with Crippen LogP contribution in [0.15, 0.2) is 48.8 Å². The minimum absolute atomic E-state index is 0.000418. The number of amides is 2. The van der Waals surface area contributed by atoms with Gasteiger partial charge in [-0.2, -0.15) is 5.10 Å².